The Morgan fingerprint density at radius 1 is 1.29 bits per heavy atom. The molecule has 10 heteroatoms. The molecule has 2 fully saturated rings. The van der Waals surface area contributed by atoms with E-state index in [1.54, 1.807) is 6.26 Å². The van der Waals surface area contributed by atoms with Crippen LogP contribution in [0.3, 0.4) is 0 Å². The van der Waals surface area contributed by atoms with Crippen molar-refractivity contribution in [1.29, 1.82) is 0 Å². The van der Waals surface area contributed by atoms with Crippen molar-refractivity contribution in [2.75, 3.05) is 19.8 Å². The lowest BCUT2D eigenvalue weighted by Gasteiger charge is -2.44. The molecule has 0 bridgehead atoms. The van der Waals surface area contributed by atoms with Gasteiger partial charge in [0.25, 0.3) is 0 Å². The largest absolute Gasteiger partial charge is 0.391 e. The van der Waals surface area contributed by atoms with Crippen molar-refractivity contribution in [2.24, 2.45) is 5.92 Å². The second-order valence-corrected chi connectivity index (χ2v) is 8.73. The van der Waals surface area contributed by atoms with Crippen molar-refractivity contribution in [2.45, 2.75) is 81.1 Å². The Labute approximate surface area is 177 Å². The molecule has 0 aromatic carbocycles. The molecule has 0 aromatic rings. The summed E-state index contributed by atoms with van der Waals surface area (Å²) in [4.78, 5) is 14.9. The van der Waals surface area contributed by atoms with Crippen molar-refractivity contribution < 1.29 is 30.0 Å². The molecular formula is C18H35ClN2O6S. The summed E-state index contributed by atoms with van der Waals surface area (Å²) in [7, 11) is 1.91. The molecule has 0 aromatic heterocycles. The van der Waals surface area contributed by atoms with Crippen LogP contribution in [0.5, 0.6) is 0 Å². The highest BCUT2D eigenvalue weighted by molar-refractivity contribution is 7.99. The third-order valence-corrected chi connectivity index (χ3v) is 6.51. The summed E-state index contributed by atoms with van der Waals surface area (Å²) in [5, 5.41) is 43.5. The summed E-state index contributed by atoms with van der Waals surface area (Å²) in [5.41, 5.74) is -0.755. The lowest BCUT2D eigenvalue weighted by Crippen LogP contribution is -2.65. The van der Waals surface area contributed by atoms with Gasteiger partial charge in [-0.3, -0.25) is 9.69 Å². The second-order valence-electron chi connectivity index (χ2n) is 7.80. The third-order valence-electron chi connectivity index (χ3n) is 5.66. The minimum Gasteiger partial charge on any atom is -0.391 e. The van der Waals surface area contributed by atoms with Gasteiger partial charge in [-0.1, -0.05) is 13.3 Å². The van der Waals surface area contributed by atoms with Crippen molar-refractivity contribution in [3.8, 4) is 0 Å². The fourth-order valence-electron chi connectivity index (χ4n) is 4.13. The highest BCUT2D eigenvalue weighted by Crippen LogP contribution is 2.30. The third kappa shape index (κ3) is 5.72. The van der Waals surface area contributed by atoms with Crippen molar-refractivity contribution in [1.82, 2.24) is 10.2 Å². The molecule has 5 unspecified atom stereocenters. The molecule has 166 valence electrons. The number of carbonyl (C=O) groups excluding carboxylic acids is 1. The highest BCUT2D eigenvalue weighted by atomic mass is 35.5. The van der Waals surface area contributed by atoms with E-state index < -0.39 is 42.0 Å². The number of carbonyl (C=O) groups is 1. The lowest BCUT2D eigenvalue weighted by molar-refractivity contribution is -0.211. The van der Waals surface area contributed by atoms with Gasteiger partial charge in [-0.25, -0.2) is 0 Å². The van der Waals surface area contributed by atoms with Crippen LogP contribution in [0, 0.1) is 5.92 Å². The van der Waals surface area contributed by atoms with Crippen LogP contribution in [0.2, 0.25) is 0 Å². The quantitative estimate of drug-likeness (QED) is 0.360. The number of ether oxygens (including phenoxy) is 1. The van der Waals surface area contributed by atoms with Crippen molar-refractivity contribution >= 4 is 30.1 Å². The second kappa shape index (κ2) is 11.3. The van der Waals surface area contributed by atoms with Gasteiger partial charge in [-0.15, -0.1) is 24.2 Å². The molecular weight excluding hydrogens is 408 g/mol. The molecule has 0 radical (unpaired) electrons. The Morgan fingerprint density at radius 2 is 1.93 bits per heavy atom. The van der Waals surface area contributed by atoms with Gasteiger partial charge in [-0.05, 0) is 39.0 Å². The standard InChI is InChI=1S/C18H34N2O6S.ClH/c1-5-6-10-7-11(20(3)8-10)17(25)19-12(9(2)21)16-14(23)13(22)15(24)18(26-16)27-4;/h9-16,18,21-24H,5-8H2,1-4H3,(H,19,25);1H/t9?,10-,11?,12-,13?,14?,15-,16-,18?;/m1./s1. The number of hydrogen-bond acceptors (Lipinski definition) is 8. The maximum Gasteiger partial charge on any atom is 0.237 e. The van der Waals surface area contributed by atoms with Crippen LogP contribution in [0.15, 0.2) is 0 Å². The Balaban J connectivity index is 0.00000392. The van der Waals surface area contributed by atoms with Crippen LogP contribution in [0.25, 0.3) is 0 Å². The number of aliphatic hydroxyl groups excluding tert-OH is 4. The summed E-state index contributed by atoms with van der Waals surface area (Å²) in [6, 6.07) is -1.20. The molecule has 2 saturated heterocycles. The number of likely N-dealkylation sites (N-methyl/N-ethyl adjacent to an activating group) is 1. The number of halogens is 1. The van der Waals surface area contributed by atoms with Gasteiger partial charge in [-0.2, -0.15) is 0 Å². The van der Waals surface area contributed by atoms with Crippen LogP contribution >= 0.6 is 24.2 Å². The minimum absolute atomic E-state index is 0. The molecule has 5 N–H and O–H groups in total. The first-order valence-electron chi connectivity index (χ1n) is 9.62. The fourth-order valence-corrected chi connectivity index (χ4v) is 4.81. The van der Waals surface area contributed by atoms with Crippen LogP contribution in [0.1, 0.15) is 33.1 Å². The SMILES string of the molecule is CCC[C@@H]1CC(C(=O)N[C@H](C(C)O)[C@H]2OC(SC)[C@H](O)C(O)C2O)N(C)C1.Cl. The zero-order chi connectivity index (χ0) is 20.3. The number of amides is 1. The van der Waals surface area contributed by atoms with Gasteiger partial charge >= 0.3 is 0 Å². The minimum atomic E-state index is -1.42. The van der Waals surface area contributed by atoms with Crippen molar-refractivity contribution in [3.63, 3.8) is 0 Å². The molecule has 0 saturated carbocycles. The Hall–Kier alpha value is -0.130. The number of likely N-dealkylation sites (tertiary alicyclic amines) is 1. The van der Waals surface area contributed by atoms with Gasteiger partial charge in [0, 0.05) is 6.54 Å². The predicted molar refractivity (Wildman–Crippen MR) is 110 cm³/mol. The molecule has 2 aliphatic rings. The van der Waals surface area contributed by atoms with Crippen molar-refractivity contribution in [3.05, 3.63) is 0 Å². The summed E-state index contributed by atoms with van der Waals surface area (Å²) in [6.45, 7) is 4.48. The van der Waals surface area contributed by atoms with E-state index in [1.165, 1.54) is 18.7 Å². The van der Waals surface area contributed by atoms with Gasteiger partial charge in [0.1, 0.15) is 29.9 Å². The number of hydrogen-bond donors (Lipinski definition) is 5. The van der Waals surface area contributed by atoms with E-state index in [2.05, 4.69) is 12.2 Å². The molecule has 2 heterocycles. The van der Waals surface area contributed by atoms with E-state index in [9.17, 15) is 25.2 Å². The molecule has 0 spiro atoms. The fraction of sp³-hybridized carbons (Fsp3) is 0.944. The predicted octanol–water partition coefficient (Wildman–Crippen LogP) is -0.435. The average Bonchev–Trinajstić information content (AvgIpc) is 2.99. The monoisotopic (exact) mass is 442 g/mol. The van der Waals surface area contributed by atoms with Gasteiger partial charge in [0.2, 0.25) is 5.91 Å². The van der Waals surface area contributed by atoms with Crippen LogP contribution in [-0.2, 0) is 9.53 Å². The molecule has 0 aliphatic carbocycles. The number of aliphatic hydroxyl groups is 4. The zero-order valence-corrected chi connectivity index (χ0v) is 18.5. The van der Waals surface area contributed by atoms with E-state index in [4.69, 9.17) is 4.74 Å². The zero-order valence-electron chi connectivity index (χ0n) is 16.9. The number of thioether (sulfide) groups is 1. The summed E-state index contributed by atoms with van der Waals surface area (Å²) in [6.07, 6.45) is -1.50. The van der Waals surface area contributed by atoms with Gasteiger partial charge in [0.15, 0.2) is 0 Å². The molecule has 8 nitrogen and oxygen atoms in total. The summed E-state index contributed by atoms with van der Waals surface area (Å²) < 4.78 is 5.72. The molecule has 2 aliphatic heterocycles. The molecule has 9 atom stereocenters. The van der Waals surface area contributed by atoms with E-state index in [-0.39, 0.29) is 24.4 Å². The summed E-state index contributed by atoms with van der Waals surface area (Å²) in [5.74, 6) is 0.245. The number of nitrogens with zero attached hydrogens (tertiary/aromatic N) is 1. The van der Waals surface area contributed by atoms with Crippen LogP contribution < -0.4 is 5.32 Å². The van der Waals surface area contributed by atoms with Crippen LogP contribution in [0.4, 0.5) is 0 Å². The maximum absolute atomic E-state index is 12.8. The first-order valence-corrected chi connectivity index (χ1v) is 10.9. The smallest absolute Gasteiger partial charge is 0.237 e. The average molecular weight is 443 g/mol. The Morgan fingerprint density at radius 3 is 2.46 bits per heavy atom. The van der Waals surface area contributed by atoms with E-state index in [0.717, 1.165) is 25.8 Å². The van der Waals surface area contributed by atoms with E-state index in [1.807, 2.05) is 11.9 Å². The maximum atomic E-state index is 12.8. The lowest BCUT2D eigenvalue weighted by atomic mass is 9.92. The Bertz CT molecular complexity index is 501. The molecule has 2 rings (SSSR count). The first kappa shape index (κ1) is 25.9. The number of nitrogens with one attached hydrogen (secondary N) is 1. The molecule has 28 heavy (non-hydrogen) atoms. The Kier molecular flexibility index (Phi) is 10.5. The van der Waals surface area contributed by atoms with Crippen LogP contribution in [-0.4, -0.2) is 99.1 Å². The first-order chi connectivity index (χ1) is 12.7. The number of rotatable bonds is 7. The van der Waals surface area contributed by atoms with E-state index >= 15 is 0 Å². The van der Waals surface area contributed by atoms with Gasteiger partial charge < -0.3 is 30.5 Å². The van der Waals surface area contributed by atoms with Gasteiger partial charge in [0.05, 0.1) is 18.2 Å². The van der Waals surface area contributed by atoms with E-state index in [0.29, 0.717) is 5.92 Å². The molecule has 1 amide bonds. The highest BCUT2D eigenvalue weighted by Gasteiger charge is 2.48. The topological polar surface area (TPSA) is 122 Å². The summed E-state index contributed by atoms with van der Waals surface area (Å²) >= 11 is 1.20. The normalized spacial score (nSPS) is 38.5.